The maximum Gasteiger partial charge on any atom is 0.241 e. The van der Waals surface area contributed by atoms with Gasteiger partial charge in [-0.2, -0.15) is 0 Å². The SMILES string of the molecule is CC1(C)[C@H]2CC[C@@]13CS(=O)(=O)N(C(=O)[C@@H]1C[C@H]4CC[C@@H]1N4Cc1ccccc1)[C@H]3C2. The predicted octanol–water partition coefficient (Wildman–Crippen LogP) is 3.41. The van der Waals surface area contributed by atoms with Crippen LogP contribution in [0.1, 0.15) is 57.9 Å². The van der Waals surface area contributed by atoms with E-state index in [0.717, 1.165) is 45.1 Å². The number of carbonyl (C=O) groups excluding carboxylic acids is 1. The molecule has 2 saturated carbocycles. The van der Waals surface area contributed by atoms with Crippen molar-refractivity contribution in [3.05, 3.63) is 35.9 Å². The molecule has 6 rings (SSSR count). The summed E-state index contributed by atoms with van der Waals surface area (Å²) in [6, 6.07) is 10.9. The molecule has 0 unspecified atom stereocenters. The van der Waals surface area contributed by atoms with Gasteiger partial charge >= 0.3 is 0 Å². The first-order chi connectivity index (χ1) is 14.2. The summed E-state index contributed by atoms with van der Waals surface area (Å²) in [5, 5.41) is 0. The summed E-state index contributed by atoms with van der Waals surface area (Å²) in [7, 11) is -3.53. The van der Waals surface area contributed by atoms with Crippen LogP contribution in [-0.4, -0.2) is 47.4 Å². The van der Waals surface area contributed by atoms with Crippen molar-refractivity contribution < 1.29 is 13.2 Å². The van der Waals surface area contributed by atoms with Crippen molar-refractivity contribution in [2.45, 2.75) is 77.0 Å². The molecule has 5 aliphatic rings. The first-order valence-corrected chi connectivity index (χ1v) is 13.2. The Labute approximate surface area is 179 Å². The minimum atomic E-state index is -3.53. The molecule has 6 atom stereocenters. The summed E-state index contributed by atoms with van der Waals surface area (Å²) < 4.78 is 28.0. The highest BCUT2D eigenvalue weighted by molar-refractivity contribution is 7.90. The second-order valence-electron chi connectivity index (χ2n) is 11.1. The summed E-state index contributed by atoms with van der Waals surface area (Å²) in [4.78, 5) is 16.3. The van der Waals surface area contributed by atoms with Crippen LogP contribution in [0.3, 0.4) is 0 Å². The molecule has 1 aromatic rings. The molecule has 0 aromatic heterocycles. The van der Waals surface area contributed by atoms with Gasteiger partial charge in [-0.1, -0.05) is 44.2 Å². The quantitative estimate of drug-likeness (QED) is 0.740. The van der Waals surface area contributed by atoms with Crippen LogP contribution in [0, 0.1) is 22.7 Å². The first-order valence-electron chi connectivity index (χ1n) is 11.6. The summed E-state index contributed by atoms with van der Waals surface area (Å²) >= 11 is 0. The van der Waals surface area contributed by atoms with E-state index in [1.54, 1.807) is 0 Å². The Kier molecular flexibility index (Phi) is 3.92. The van der Waals surface area contributed by atoms with Gasteiger partial charge in [0.15, 0.2) is 0 Å². The van der Waals surface area contributed by atoms with Gasteiger partial charge in [0, 0.05) is 24.0 Å². The normalized spacial score (nSPS) is 42.7. The average molecular weight is 429 g/mol. The summed E-state index contributed by atoms with van der Waals surface area (Å²) in [5.41, 5.74) is 1.05. The lowest BCUT2D eigenvalue weighted by molar-refractivity contribution is -0.134. The fourth-order valence-electron chi connectivity index (χ4n) is 8.15. The van der Waals surface area contributed by atoms with E-state index < -0.39 is 10.0 Å². The maximum absolute atomic E-state index is 13.8. The van der Waals surface area contributed by atoms with Crippen LogP contribution in [0.15, 0.2) is 30.3 Å². The van der Waals surface area contributed by atoms with E-state index in [4.69, 9.17) is 0 Å². The van der Waals surface area contributed by atoms with Crippen molar-refractivity contribution in [2.24, 2.45) is 22.7 Å². The molecule has 4 bridgehead atoms. The van der Waals surface area contributed by atoms with Crippen LogP contribution >= 0.6 is 0 Å². The number of nitrogens with zero attached hydrogens (tertiary/aromatic N) is 2. The van der Waals surface area contributed by atoms with Gasteiger partial charge in [-0.3, -0.25) is 9.69 Å². The van der Waals surface area contributed by atoms with Crippen molar-refractivity contribution in [3.8, 4) is 0 Å². The van der Waals surface area contributed by atoms with Crippen LogP contribution in [-0.2, 0) is 21.4 Å². The lowest BCUT2D eigenvalue weighted by atomic mass is 9.69. The van der Waals surface area contributed by atoms with Crippen LogP contribution in [0.2, 0.25) is 0 Å². The van der Waals surface area contributed by atoms with Gasteiger partial charge in [0.2, 0.25) is 15.9 Å². The van der Waals surface area contributed by atoms with Gasteiger partial charge in [-0.05, 0) is 55.4 Å². The van der Waals surface area contributed by atoms with E-state index in [0.29, 0.717) is 12.0 Å². The number of amides is 1. The zero-order chi connectivity index (χ0) is 20.9. The zero-order valence-corrected chi connectivity index (χ0v) is 18.8. The third-order valence-corrected chi connectivity index (χ3v) is 11.7. The molecule has 5 nitrogen and oxygen atoms in total. The van der Waals surface area contributed by atoms with Crippen LogP contribution in [0.25, 0.3) is 0 Å². The van der Waals surface area contributed by atoms with Gasteiger partial charge in [-0.15, -0.1) is 0 Å². The second kappa shape index (κ2) is 6.10. The molecular formula is C24H32N2O3S. The van der Waals surface area contributed by atoms with E-state index in [1.165, 1.54) is 9.87 Å². The molecule has 162 valence electrons. The highest BCUT2D eigenvalue weighted by Crippen LogP contribution is 2.70. The number of hydrogen-bond donors (Lipinski definition) is 0. The lowest BCUT2D eigenvalue weighted by Gasteiger charge is -2.37. The number of fused-ring (bicyclic) bond motifs is 3. The Balaban J connectivity index is 1.28. The van der Waals surface area contributed by atoms with E-state index in [1.807, 2.05) is 6.07 Å². The van der Waals surface area contributed by atoms with Crippen LogP contribution in [0.4, 0.5) is 0 Å². The second-order valence-corrected chi connectivity index (χ2v) is 12.9. The summed E-state index contributed by atoms with van der Waals surface area (Å²) in [6.07, 6.45) is 5.87. The van der Waals surface area contributed by atoms with E-state index in [2.05, 4.69) is 43.0 Å². The molecular weight excluding hydrogens is 396 g/mol. The van der Waals surface area contributed by atoms with Crippen molar-refractivity contribution in [3.63, 3.8) is 0 Å². The fourth-order valence-corrected chi connectivity index (χ4v) is 10.7. The number of carbonyl (C=O) groups is 1. The van der Waals surface area contributed by atoms with Crippen molar-refractivity contribution in [1.82, 2.24) is 9.21 Å². The molecule has 1 aromatic carbocycles. The zero-order valence-electron chi connectivity index (χ0n) is 18.0. The van der Waals surface area contributed by atoms with Gasteiger partial charge in [0.25, 0.3) is 0 Å². The minimum absolute atomic E-state index is 0.00773. The third-order valence-electron chi connectivity index (χ3n) is 9.83. The molecule has 1 spiro atoms. The molecule has 3 saturated heterocycles. The van der Waals surface area contributed by atoms with Gasteiger partial charge < -0.3 is 0 Å². The van der Waals surface area contributed by atoms with Gasteiger partial charge in [0.05, 0.1) is 17.7 Å². The highest BCUT2D eigenvalue weighted by Gasteiger charge is 2.72. The molecule has 0 radical (unpaired) electrons. The summed E-state index contributed by atoms with van der Waals surface area (Å²) in [6.45, 7) is 5.34. The van der Waals surface area contributed by atoms with Crippen molar-refractivity contribution in [2.75, 3.05) is 5.75 Å². The molecule has 3 aliphatic heterocycles. The van der Waals surface area contributed by atoms with Crippen molar-refractivity contribution >= 4 is 15.9 Å². The Bertz CT molecular complexity index is 991. The molecule has 6 heteroatoms. The van der Waals surface area contributed by atoms with Crippen LogP contribution < -0.4 is 0 Å². The topological polar surface area (TPSA) is 57.7 Å². The Hall–Kier alpha value is -1.40. The molecule has 1 amide bonds. The Morgan fingerprint density at radius 2 is 1.87 bits per heavy atom. The monoisotopic (exact) mass is 428 g/mol. The van der Waals surface area contributed by atoms with Crippen molar-refractivity contribution in [1.29, 1.82) is 0 Å². The highest BCUT2D eigenvalue weighted by atomic mass is 32.2. The fraction of sp³-hybridized carbons (Fsp3) is 0.708. The number of sulfonamides is 1. The first kappa shape index (κ1) is 19.3. The predicted molar refractivity (Wildman–Crippen MR) is 115 cm³/mol. The molecule has 5 fully saturated rings. The van der Waals surface area contributed by atoms with E-state index >= 15 is 0 Å². The average Bonchev–Trinajstić information content (AvgIpc) is 3.43. The van der Waals surface area contributed by atoms with Crippen LogP contribution in [0.5, 0.6) is 0 Å². The Morgan fingerprint density at radius 1 is 1.10 bits per heavy atom. The smallest absolute Gasteiger partial charge is 0.241 e. The standard InChI is InChI=1S/C24H32N2O3S/c1-23(2)17-10-11-24(23)15-30(28,29)26(21(24)12-17)22(27)19-13-18-8-9-20(19)25(18)14-16-6-4-3-5-7-16/h3-7,17-21H,8-15H2,1-2H3/t17-,18+,19+,20-,21-,24-/m0/s1. The third kappa shape index (κ3) is 2.32. The Morgan fingerprint density at radius 3 is 2.60 bits per heavy atom. The maximum atomic E-state index is 13.8. The molecule has 30 heavy (non-hydrogen) atoms. The number of rotatable bonds is 3. The van der Waals surface area contributed by atoms with Gasteiger partial charge in [-0.25, -0.2) is 12.7 Å². The number of hydrogen-bond acceptors (Lipinski definition) is 4. The van der Waals surface area contributed by atoms with Gasteiger partial charge in [0.1, 0.15) is 0 Å². The molecule has 2 aliphatic carbocycles. The lowest BCUT2D eigenvalue weighted by Crippen LogP contribution is -2.48. The molecule has 3 heterocycles. The minimum Gasteiger partial charge on any atom is -0.292 e. The molecule has 0 N–H and O–H groups in total. The largest absolute Gasteiger partial charge is 0.292 e. The summed E-state index contributed by atoms with van der Waals surface area (Å²) in [5.74, 6) is 0.460. The van der Waals surface area contributed by atoms with E-state index in [-0.39, 0.29) is 40.5 Å². The number of benzene rings is 1. The van der Waals surface area contributed by atoms with E-state index in [9.17, 15) is 13.2 Å².